The normalized spacial score (nSPS) is 12.2. The number of aromatic amines is 1. The lowest BCUT2D eigenvalue weighted by molar-refractivity contribution is -0.117. The van der Waals surface area contributed by atoms with Crippen LogP contribution < -0.4 is 10.0 Å². The minimum Gasteiger partial charge on any atom is -0.465 e. The molecule has 0 saturated heterocycles. The van der Waals surface area contributed by atoms with Gasteiger partial charge in [0.05, 0.1) is 23.3 Å². The number of carbonyl (C=O) groups excluding carboxylic acids is 2. The van der Waals surface area contributed by atoms with E-state index in [1.54, 1.807) is 48.0 Å². The van der Waals surface area contributed by atoms with E-state index in [4.69, 9.17) is 4.74 Å². The van der Waals surface area contributed by atoms with Crippen molar-refractivity contribution in [3.05, 3.63) is 101 Å². The number of nitrogens with one attached hydrogen (secondary N) is 3. The first-order chi connectivity index (χ1) is 19.2. The summed E-state index contributed by atoms with van der Waals surface area (Å²) in [6.45, 7) is 1.87. The molecule has 0 unspecified atom stereocenters. The molecule has 2 heterocycles. The largest absolute Gasteiger partial charge is 0.465 e. The van der Waals surface area contributed by atoms with Crippen LogP contribution in [-0.2, 0) is 26.0 Å². The van der Waals surface area contributed by atoms with E-state index in [0.717, 1.165) is 27.6 Å². The van der Waals surface area contributed by atoms with Crippen LogP contribution in [0.3, 0.4) is 0 Å². The minimum atomic E-state index is -4.00. The number of methoxy groups -OCH3 is 1. The Hall–Kier alpha value is -4.32. The van der Waals surface area contributed by atoms with Gasteiger partial charge in [-0.15, -0.1) is 11.3 Å². The molecule has 0 fully saturated rings. The molecule has 204 valence electrons. The highest BCUT2D eigenvalue weighted by atomic mass is 32.2. The molecule has 0 bridgehead atoms. The van der Waals surface area contributed by atoms with E-state index in [1.807, 2.05) is 31.2 Å². The van der Waals surface area contributed by atoms with E-state index in [0.29, 0.717) is 16.4 Å². The Kier molecular flexibility index (Phi) is 7.78. The molecule has 11 heteroatoms. The lowest BCUT2D eigenvalue weighted by Gasteiger charge is -2.18. The van der Waals surface area contributed by atoms with Crippen molar-refractivity contribution < 1.29 is 22.7 Å². The highest BCUT2D eigenvalue weighted by Gasteiger charge is 2.28. The van der Waals surface area contributed by atoms with Crippen molar-refractivity contribution in [2.75, 3.05) is 12.4 Å². The van der Waals surface area contributed by atoms with E-state index in [9.17, 15) is 18.0 Å². The number of thiazole rings is 1. The van der Waals surface area contributed by atoms with Crippen LogP contribution in [0.2, 0.25) is 0 Å². The first kappa shape index (κ1) is 27.3. The number of nitrogens with zero attached hydrogens (tertiary/aromatic N) is 1. The number of aryl methyl sites for hydroxylation is 1. The van der Waals surface area contributed by atoms with Crippen LogP contribution in [-0.4, -0.2) is 43.4 Å². The van der Waals surface area contributed by atoms with Crippen LogP contribution in [0.4, 0.5) is 5.13 Å². The average Bonchev–Trinajstić information content (AvgIpc) is 3.60. The maximum atomic E-state index is 13.5. The van der Waals surface area contributed by atoms with Gasteiger partial charge < -0.3 is 15.0 Å². The number of hydrogen-bond acceptors (Lipinski definition) is 7. The molecule has 0 spiro atoms. The molecule has 0 saturated carbocycles. The number of carbonyl (C=O) groups is 2. The molecule has 0 aliphatic heterocycles. The average molecular weight is 575 g/mol. The second-order valence-corrected chi connectivity index (χ2v) is 11.7. The molecule has 1 amide bonds. The maximum absolute atomic E-state index is 13.5. The zero-order valence-corrected chi connectivity index (χ0v) is 23.3. The molecule has 0 aliphatic rings. The van der Waals surface area contributed by atoms with Gasteiger partial charge in [0.25, 0.3) is 0 Å². The Bertz CT molecular complexity index is 1780. The van der Waals surface area contributed by atoms with E-state index in [2.05, 4.69) is 20.0 Å². The number of rotatable bonds is 9. The molecule has 1 atom stereocenters. The molecule has 5 aromatic rings. The Morgan fingerprint density at radius 2 is 1.75 bits per heavy atom. The number of fused-ring (bicyclic) bond motifs is 1. The summed E-state index contributed by atoms with van der Waals surface area (Å²) in [7, 11) is -2.68. The van der Waals surface area contributed by atoms with Gasteiger partial charge in [0.15, 0.2) is 5.13 Å². The first-order valence-corrected chi connectivity index (χ1v) is 14.7. The summed E-state index contributed by atoms with van der Waals surface area (Å²) in [5.74, 6) is -0.977. The summed E-state index contributed by atoms with van der Waals surface area (Å²) in [6.07, 6.45) is 1.90. The summed E-state index contributed by atoms with van der Waals surface area (Å²) < 4.78 is 33.8. The predicted molar refractivity (Wildman–Crippen MR) is 155 cm³/mol. The lowest BCUT2D eigenvalue weighted by atomic mass is 10.1. The van der Waals surface area contributed by atoms with Crippen LogP contribution in [0.15, 0.2) is 89.3 Å². The number of H-pyrrole nitrogens is 1. The van der Waals surface area contributed by atoms with Gasteiger partial charge in [-0.2, -0.15) is 4.72 Å². The number of anilines is 1. The molecule has 3 N–H and O–H groups in total. The Morgan fingerprint density at radius 1 is 1.02 bits per heavy atom. The third-order valence-corrected chi connectivity index (χ3v) is 8.63. The van der Waals surface area contributed by atoms with Crippen molar-refractivity contribution in [3.8, 4) is 11.3 Å². The van der Waals surface area contributed by atoms with Gasteiger partial charge in [-0.3, -0.25) is 4.79 Å². The zero-order valence-electron chi connectivity index (χ0n) is 21.7. The van der Waals surface area contributed by atoms with Crippen LogP contribution in [0.5, 0.6) is 0 Å². The molecule has 3 aromatic carbocycles. The van der Waals surface area contributed by atoms with Crippen LogP contribution in [0, 0.1) is 6.92 Å². The third-order valence-electron chi connectivity index (χ3n) is 6.38. The lowest BCUT2D eigenvalue weighted by Crippen LogP contribution is -2.45. The molecule has 0 radical (unpaired) electrons. The summed E-state index contributed by atoms with van der Waals surface area (Å²) >= 11 is 1.21. The number of hydrogen-bond donors (Lipinski definition) is 3. The zero-order chi connectivity index (χ0) is 28.3. The van der Waals surface area contributed by atoms with Gasteiger partial charge in [-0.1, -0.05) is 48.0 Å². The van der Waals surface area contributed by atoms with Crippen molar-refractivity contribution in [2.24, 2.45) is 0 Å². The number of sulfonamides is 1. The topological polar surface area (TPSA) is 130 Å². The number of aromatic nitrogens is 2. The Balaban J connectivity index is 1.39. The van der Waals surface area contributed by atoms with Gasteiger partial charge in [-0.25, -0.2) is 18.2 Å². The fourth-order valence-corrected chi connectivity index (χ4v) is 6.15. The van der Waals surface area contributed by atoms with Crippen molar-refractivity contribution in [3.63, 3.8) is 0 Å². The minimum absolute atomic E-state index is 0.0711. The standard InChI is InChI=1S/C29H26N4O5S2/c1-18-7-13-22(14-8-18)40(36,37)33-25(15-21-16-30-24-6-4-3-5-23(21)24)27(34)32-29-31-26(17-39-29)19-9-11-20(12-10-19)28(35)38-2/h3-14,16-17,25,30,33H,15H2,1-2H3,(H,31,32,34)/t25-/m0/s1. The van der Waals surface area contributed by atoms with Gasteiger partial charge in [0, 0.05) is 28.0 Å². The van der Waals surface area contributed by atoms with Crippen LogP contribution in [0.1, 0.15) is 21.5 Å². The molecule has 5 rings (SSSR count). The second-order valence-electron chi connectivity index (χ2n) is 9.15. The van der Waals surface area contributed by atoms with Crippen molar-refractivity contribution >= 4 is 49.3 Å². The van der Waals surface area contributed by atoms with Crippen molar-refractivity contribution in [2.45, 2.75) is 24.3 Å². The quantitative estimate of drug-likeness (QED) is 0.214. The maximum Gasteiger partial charge on any atom is 0.337 e. The summed E-state index contributed by atoms with van der Waals surface area (Å²) in [6, 6.07) is 19.7. The van der Waals surface area contributed by atoms with E-state index < -0.39 is 27.9 Å². The number of amides is 1. The summed E-state index contributed by atoms with van der Waals surface area (Å²) in [4.78, 5) is 32.9. The molecule has 40 heavy (non-hydrogen) atoms. The number of ether oxygens (including phenoxy) is 1. The highest BCUT2D eigenvalue weighted by molar-refractivity contribution is 7.89. The van der Waals surface area contributed by atoms with Crippen LogP contribution in [0.25, 0.3) is 22.2 Å². The Morgan fingerprint density at radius 3 is 2.48 bits per heavy atom. The number of esters is 1. The predicted octanol–water partition coefficient (Wildman–Crippen LogP) is 4.91. The van der Waals surface area contributed by atoms with E-state index in [-0.39, 0.29) is 11.3 Å². The first-order valence-electron chi connectivity index (χ1n) is 12.3. The molecular weight excluding hydrogens is 548 g/mol. The smallest absolute Gasteiger partial charge is 0.337 e. The number of benzene rings is 3. The van der Waals surface area contributed by atoms with Gasteiger partial charge in [0.2, 0.25) is 15.9 Å². The summed E-state index contributed by atoms with van der Waals surface area (Å²) in [5.41, 5.74) is 4.38. The van der Waals surface area contributed by atoms with Gasteiger partial charge >= 0.3 is 5.97 Å². The monoisotopic (exact) mass is 574 g/mol. The van der Waals surface area contributed by atoms with Gasteiger partial charge in [-0.05, 0) is 49.2 Å². The van der Waals surface area contributed by atoms with Crippen molar-refractivity contribution in [1.82, 2.24) is 14.7 Å². The molecule has 9 nitrogen and oxygen atoms in total. The fraction of sp³-hybridized carbons (Fsp3) is 0.138. The fourth-order valence-electron chi connectivity index (χ4n) is 4.23. The molecule has 2 aromatic heterocycles. The van der Waals surface area contributed by atoms with Gasteiger partial charge in [0.1, 0.15) is 6.04 Å². The van der Waals surface area contributed by atoms with E-state index >= 15 is 0 Å². The van der Waals surface area contributed by atoms with E-state index in [1.165, 1.54) is 30.6 Å². The van der Waals surface area contributed by atoms with Crippen molar-refractivity contribution in [1.29, 1.82) is 0 Å². The third kappa shape index (κ3) is 5.96. The summed E-state index contributed by atoms with van der Waals surface area (Å²) in [5, 5.41) is 5.76. The Labute approximate surface area is 235 Å². The molecular formula is C29H26N4O5S2. The highest BCUT2D eigenvalue weighted by Crippen LogP contribution is 2.26. The SMILES string of the molecule is COC(=O)c1ccc(-c2csc(NC(=O)[C@H](Cc3c[nH]c4ccccc34)NS(=O)(=O)c3ccc(C)cc3)n2)cc1. The second kappa shape index (κ2) is 11.4. The van der Waals surface area contributed by atoms with Crippen LogP contribution >= 0.6 is 11.3 Å². The number of para-hydroxylation sites is 1. The molecule has 0 aliphatic carbocycles.